The van der Waals surface area contributed by atoms with Gasteiger partial charge in [-0.25, -0.2) is 4.98 Å². The normalized spacial score (nSPS) is 13.6. The van der Waals surface area contributed by atoms with E-state index in [1.165, 1.54) is 5.56 Å². The van der Waals surface area contributed by atoms with E-state index in [2.05, 4.69) is 77.7 Å². The zero-order valence-corrected chi connectivity index (χ0v) is 14.1. The van der Waals surface area contributed by atoms with Crippen LogP contribution in [0.1, 0.15) is 28.3 Å². The SMILES string of the molecule is Cc1cccc(C#Cc2nc(C)n(C3=CCN(C)C=C3)c2C)c1. The molecule has 0 saturated carbocycles. The minimum absolute atomic E-state index is 0.845. The molecule has 0 unspecified atom stereocenters. The van der Waals surface area contributed by atoms with Gasteiger partial charge in [-0.15, -0.1) is 0 Å². The monoisotopic (exact) mass is 303 g/mol. The number of allylic oxidation sites excluding steroid dienone is 2. The lowest BCUT2D eigenvalue weighted by molar-refractivity contribution is 0.504. The molecule has 3 heteroatoms. The summed E-state index contributed by atoms with van der Waals surface area (Å²) in [4.78, 5) is 6.79. The van der Waals surface area contributed by atoms with Crippen molar-refractivity contribution in [1.29, 1.82) is 0 Å². The van der Waals surface area contributed by atoms with Gasteiger partial charge in [-0.1, -0.05) is 18.1 Å². The maximum absolute atomic E-state index is 4.64. The molecule has 2 aromatic rings. The fourth-order valence-corrected chi connectivity index (χ4v) is 2.73. The standard InChI is InChI=1S/C20H21N3/c1-15-6-5-7-18(14-15)8-9-20-16(2)23(17(3)21-20)19-10-12-22(4)13-11-19/h5-7,10-12,14H,13H2,1-4H3. The smallest absolute Gasteiger partial charge is 0.135 e. The highest BCUT2D eigenvalue weighted by atomic mass is 15.1. The molecule has 23 heavy (non-hydrogen) atoms. The third kappa shape index (κ3) is 3.22. The summed E-state index contributed by atoms with van der Waals surface area (Å²) in [5.41, 5.74) is 5.33. The second-order valence-corrected chi connectivity index (χ2v) is 5.93. The van der Waals surface area contributed by atoms with Crippen molar-refractivity contribution >= 4 is 5.70 Å². The Morgan fingerprint density at radius 3 is 2.65 bits per heavy atom. The lowest BCUT2D eigenvalue weighted by Gasteiger charge is -2.19. The van der Waals surface area contributed by atoms with Crippen LogP contribution < -0.4 is 0 Å². The summed E-state index contributed by atoms with van der Waals surface area (Å²) in [6, 6.07) is 8.23. The van der Waals surface area contributed by atoms with E-state index in [9.17, 15) is 0 Å². The lowest BCUT2D eigenvalue weighted by atomic mass is 10.1. The lowest BCUT2D eigenvalue weighted by Crippen LogP contribution is -2.15. The van der Waals surface area contributed by atoms with Gasteiger partial charge in [-0.3, -0.25) is 0 Å². The van der Waals surface area contributed by atoms with Crippen LogP contribution in [0.5, 0.6) is 0 Å². The van der Waals surface area contributed by atoms with Crippen LogP contribution in [0.2, 0.25) is 0 Å². The van der Waals surface area contributed by atoms with Gasteiger partial charge in [0.1, 0.15) is 11.5 Å². The first kappa shape index (κ1) is 15.2. The van der Waals surface area contributed by atoms with E-state index in [0.29, 0.717) is 0 Å². The Hall–Kier alpha value is -2.73. The number of likely N-dealkylation sites (N-methyl/N-ethyl adjacent to an activating group) is 1. The summed E-state index contributed by atoms with van der Waals surface area (Å²) < 4.78 is 2.17. The first-order valence-corrected chi connectivity index (χ1v) is 7.78. The molecule has 3 rings (SSSR count). The molecule has 0 atom stereocenters. The van der Waals surface area contributed by atoms with E-state index < -0.39 is 0 Å². The Morgan fingerprint density at radius 1 is 1.13 bits per heavy atom. The highest BCUT2D eigenvalue weighted by Gasteiger charge is 2.13. The number of nitrogens with zero attached hydrogens (tertiary/aromatic N) is 3. The predicted molar refractivity (Wildman–Crippen MR) is 94.9 cm³/mol. The van der Waals surface area contributed by atoms with Crippen LogP contribution in [-0.4, -0.2) is 28.0 Å². The van der Waals surface area contributed by atoms with Crippen LogP contribution in [0, 0.1) is 32.6 Å². The second kappa shape index (κ2) is 6.18. The molecule has 0 fully saturated rings. The summed E-state index contributed by atoms with van der Waals surface area (Å²) in [5.74, 6) is 7.41. The number of rotatable bonds is 1. The van der Waals surface area contributed by atoms with E-state index in [0.717, 1.165) is 35.0 Å². The van der Waals surface area contributed by atoms with Gasteiger partial charge in [0.05, 0.1) is 5.69 Å². The van der Waals surface area contributed by atoms with Crippen molar-refractivity contribution in [3.8, 4) is 11.8 Å². The Bertz CT molecular complexity index is 857. The number of aromatic nitrogens is 2. The molecule has 1 aliphatic heterocycles. The van der Waals surface area contributed by atoms with Crippen LogP contribution in [0.4, 0.5) is 0 Å². The first-order valence-electron chi connectivity index (χ1n) is 7.78. The number of benzene rings is 1. The van der Waals surface area contributed by atoms with Crippen LogP contribution in [-0.2, 0) is 0 Å². The van der Waals surface area contributed by atoms with Crippen molar-refractivity contribution in [2.45, 2.75) is 20.8 Å². The minimum atomic E-state index is 0.845. The topological polar surface area (TPSA) is 21.1 Å². The van der Waals surface area contributed by atoms with E-state index in [4.69, 9.17) is 0 Å². The summed E-state index contributed by atoms with van der Waals surface area (Å²) in [6.07, 6.45) is 6.41. The molecule has 0 aliphatic carbocycles. The maximum Gasteiger partial charge on any atom is 0.135 e. The summed E-state index contributed by atoms with van der Waals surface area (Å²) in [6.45, 7) is 7.09. The van der Waals surface area contributed by atoms with E-state index in [1.54, 1.807) is 0 Å². The number of hydrogen-bond donors (Lipinski definition) is 0. The molecule has 1 aromatic carbocycles. The molecular formula is C20H21N3. The summed E-state index contributed by atoms with van der Waals surface area (Å²) >= 11 is 0. The van der Waals surface area contributed by atoms with Gasteiger partial charge in [0.25, 0.3) is 0 Å². The molecule has 1 aliphatic rings. The third-order valence-electron chi connectivity index (χ3n) is 3.97. The van der Waals surface area contributed by atoms with Crippen LogP contribution >= 0.6 is 0 Å². The average Bonchev–Trinajstić information content (AvgIpc) is 2.81. The van der Waals surface area contributed by atoms with Crippen LogP contribution in [0.25, 0.3) is 5.70 Å². The quantitative estimate of drug-likeness (QED) is 0.752. The van der Waals surface area contributed by atoms with Gasteiger partial charge >= 0.3 is 0 Å². The highest BCUT2D eigenvalue weighted by Crippen LogP contribution is 2.19. The zero-order chi connectivity index (χ0) is 16.4. The van der Waals surface area contributed by atoms with Gasteiger partial charge in [0, 0.05) is 31.1 Å². The molecule has 116 valence electrons. The molecular weight excluding hydrogens is 282 g/mol. The van der Waals surface area contributed by atoms with Crippen molar-refractivity contribution < 1.29 is 0 Å². The van der Waals surface area contributed by atoms with Crippen molar-refractivity contribution in [3.05, 3.63) is 71.0 Å². The average molecular weight is 303 g/mol. The third-order valence-corrected chi connectivity index (χ3v) is 3.97. The second-order valence-electron chi connectivity index (χ2n) is 5.93. The van der Waals surface area contributed by atoms with Gasteiger partial charge in [0.2, 0.25) is 0 Å². The van der Waals surface area contributed by atoms with Crippen molar-refractivity contribution in [2.75, 3.05) is 13.6 Å². The van der Waals surface area contributed by atoms with Gasteiger partial charge in [-0.05, 0) is 56.5 Å². The molecule has 0 bridgehead atoms. The molecule has 1 aromatic heterocycles. The Kier molecular flexibility index (Phi) is 4.08. The Labute approximate surface area is 138 Å². The van der Waals surface area contributed by atoms with E-state index >= 15 is 0 Å². The highest BCUT2D eigenvalue weighted by molar-refractivity contribution is 5.61. The van der Waals surface area contributed by atoms with Crippen molar-refractivity contribution in [1.82, 2.24) is 14.5 Å². The number of imidazole rings is 1. The molecule has 2 heterocycles. The zero-order valence-electron chi connectivity index (χ0n) is 14.1. The van der Waals surface area contributed by atoms with Crippen LogP contribution in [0.3, 0.4) is 0 Å². The largest absolute Gasteiger partial charge is 0.377 e. The molecule has 0 spiro atoms. The molecule has 0 saturated heterocycles. The molecule has 0 N–H and O–H groups in total. The Balaban J connectivity index is 1.95. The predicted octanol–water partition coefficient (Wildman–Crippen LogP) is 3.51. The maximum atomic E-state index is 4.64. The van der Waals surface area contributed by atoms with Gasteiger partial charge in [0.15, 0.2) is 0 Å². The number of aryl methyl sites for hydroxylation is 2. The minimum Gasteiger partial charge on any atom is -0.377 e. The fourth-order valence-electron chi connectivity index (χ4n) is 2.73. The fraction of sp³-hybridized carbons (Fsp3) is 0.250. The van der Waals surface area contributed by atoms with Crippen LogP contribution in [0.15, 0.2) is 42.6 Å². The number of hydrogen-bond acceptors (Lipinski definition) is 2. The van der Waals surface area contributed by atoms with Gasteiger partial charge in [-0.2, -0.15) is 0 Å². The molecule has 0 amide bonds. The Morgan fingerprint density at radius 2 is 1.96 bits per heavy atom. The van der Waals surface area contributed by atoms with Gasteiger partial charge < -0.3 is 9.47 Å². The van der Waals surface area contributed by atoms with Crippen molar-refractivity contribution in [3.63, 3.8) is 0 Å². The molecule has 0 radical (unpaired) electrons. The summed E-state index contributed by atoms with van der Waals surface area (Å²) in [7, 11) is 2.07. The van der Waals surface area contributed by atoms with E-state index in [1.807, 2.05) is 19.1 Å². The first-order chi connectivity index (χ1) is 11.0. The summed E-state index contributed by atoms with van der Waals surface area (Å²) in [5, 5.41) is 0. The molecule has 3 nitrogen and oxygen atoms in total. The van der Waals surface area contributed by atoms with Crippen molar-refractivity contribution in [2.24, 2.45) is 0 Å². The van der Waals surface area contributed by atoms with E-state index in [-0.39, 0.29) is 0 Å².